The Bertz CT molecular complexity index is 455. The second kappa shape index (κ2) is 6.53. The summed E-state index contributed by atoms with van der Waals surface area (Å²) < 4.78 is 0.979. The highest BCUT2D eigenvalue weighted by molar-refractivity contribution is 9.10. The largest absolute Gasteiger partial charge is 0.350 e. The topological polar surface area (TPSA) is 32.3 Å². The minimum Gasteiger partial charge on any atom is -0.350 e. The summed E-state index contributed by atoms with van der Waals surface area (Å²) in [6.07, 6.45) is 2.56. The van der Waals surface area contributed by atoms with Crippen LogP contribution in [0.25, 0.3) is 0 Å². The fourth-order valence-corrected chi connectivity index (χ4v) is 2.77. The van der Waals surface area contributed by atoms with Gasteiger partial charge < -0.3 is 5.32 Å². The number of amides is 1. The van der Waals surface area contributed by atoms with Crippen LogP contribution in [0.1, 0.15) is 35.7 Å². The van der Waals surface area contributed by atoms with Crippen molar-refractivity contribution in [1.82, 2.24) is 10.2 Å². The van der Waals surface area contributed by atoms with Crippen LogP contribution in [0, 0.1) is 6.92 Å². The number of nitrogens with one attached hydrogen (secondary N) is 1. The maximum atomic E-state index is 12.1. The molecule has 1 aliphatic rings. The summed E-state index contributed by atoms with van der Waals surface area (Å²) in [4.78, 5) is 14.5. The van der Waals surface area contributed by atoms with Crippen LogP contribution < -0.4 is 5.32 Å². The predicted octanol–water partition coefficient (Wildman–Crippen LogP) is 2.97. The summed E-state index contributed by atoms with van der Waals surface area (Å²) in [5, 5.41) is 3.02. The molecule has 1 N–H and O–H groups in total. The molecular weight excluding hydrogens is 304 g/mol. The lowest BCUT2D eigenvalue weighted by molar-refractivity contribution is 0.0940. The smallest absolute Gasteiger partial charge is 0.251 e. The number of carbonyl (C=O) groups is 1. The molecule has 1 fully saturated rings. The summed E-state index contributed by atoms with van der Waals surface area (Å²) in [6.45, 7) is 7.22. The molecule has 1 atom stereocenters. The Kier molecular flexibility index (Phi) is 4.99. The average Bonchev–Trinajstić information content (AvgIpc) is 2.92. The van der Waals surface area contributed by atoms with Gasteiger partial charge in [-0.3, -0.25) is 9.69 Å². The van der Waals surface area contributed by atoms with E-state index in [4.69, 9.17) is 0 Å². The van der Waals surface area contributed by atoms with Gasteiger partial charge in [0.2, 0.25) is 0 Å². The standard InChI is InChI=1S/C15H21BrN2O/c1-11-5-6-13(9-14(11)16)15(19)17-10-12(2)18-7-3-4-8-18/h5-6,9,12H,3-4,7-8,10H2,1-2H3,(H,17,19). The van der Waals surface area contributed by atoms with Crippen LogP contribution in [-0.4, -0.2) is 36.5 Å². The van der Waals surface area contributed by atoms with E-state index >= 15 is 0 Å². The molecule has 0 aliphatic carbocycles. The fraction of sp³-hybridized carbons (Fsp3) is 0.533. The van der Waals surface area contributed by atoms with Crippen LogP contribution in [-0.2, 0) is 0 Å². The van der Waals surface area contributed by atoms with Crippen molar-refractivity contribution in [2.24, 2.45) is 0 Å². The van der Waals surface area contributed by atoms with Gasteiger partial charge in [-0.1, -0.05) is 22.0 Å². The third-order valence-corrected chi connectivity index (χ3v) is 4.61. The van der Waals surface area contributed by atoms with Gasteiger partial charge in [0, 0.05) is 22.6 Å². The summed E-state index contributed by atoms with van der Waals surface area (Å²) in [5.74, 6) is 0.00625. The van der Waals surface area contributed by atoms with Crippen LogP contribution in [0.3, 0.4) is 0 Å². The number of hydrogen-bond donors (Lipinski definition) is 1. The molecule has 3 nitrogen and oxygen atoms in total. The zero-order chi connectivity index (χ0) is 13.8. The number of aryl methyl sites for hydroxylation is 1. The van der Waals surface area contributed by atoms with Crippen molar-refractivity contribution >= 4 is 21.8 Å². The van der Waals surface area contributed by atoms with Gasteiger partial charge in [-0.2, -0.15) is 0 Å². The number of halogens is 1. The molecule has 1 unspecified atom stereocenters. The van der Waals surface area contributed by atoms with Gasteiger partial charge in [-0.05, 0) is 57.5 Å². The lowest BCUT2D eigenvalue weighted by Gasteiger charge is -2.23. The molecule has 2 rings (SSSR count). The number of carbonyl (C=O) groups excluding carboxylic acids is 1. The maximum Gasteiger partial charge on any atom is 0.251 e. The number of likely N-dealkylation sites (tertiary alicyclic amines) is 1. The molecule has 1 aliphatic heterocycles. The van der Waals surface area contributed by atoms with E-state index in [1.165, 1.54) is 12.8 Å². The molecule has 0 spiro atoms. The first-order valence-electron chi connectivity index (χ1n) is 6.86. The van der Waals surface area contributed by atoms with Gasteiger partial charge in [-0.15, -0.1) is 0 Å². The lowest BCUT2D eigenvalue weighted by atomic mass is 10.1. The van der Waals surface area contributed by atoms with Gasteiger partial charge in [-0.25, -0.2) is 0 Å². The van der Waals surface area contributed by atoms with E-state index in [0.717, 1.165) is 23.1 Å². The number of nitrogens with zero attached hydrogens (tertiary/aromatic N) is 1. The quantitative estimate of drug-likeness (QED) is 0.923. The Labute approximate surface area is 123 Å². The first kappa shape index (κ1) is 14.5. The van der Waals surface area contributed by atoms with Crippen LogP contribution in [0.5, 0.6) is 0 Å². The third-order valence-electron chi connectivity index (χ3n) is 3.76. The summed E-state index contributed by atoms with van der Waals surface area (Å²) in [5.41, 5.74) is 1.85. The normalized spacial score (nSPS) is 17.4. The number of benzene rings is 1. The third kappa shape index (κ3) is 3.80. The Morgan fingerprint density at radius 1 is 1.42 bits per heavy atom. The number of hydrogen-bond acceptors (Lipinski definition) is 2. The van der Waals surface area contributed by atoms with E-state index in [0.29, 0.717) is 18.2 Å². The zero-order valence-corrected chi connectivity index (χ0v) is 13.2. The molecule has 4 heteroatoms. The van der Waals surface area contributed by atoms with Crippen molar-refractivity contribution in [2.45, 2.75) is 32.7 Å². The van der Waals surface area contributed by atoms with Crippen LogP contribution in [0.15, 0.2) is 22.7 Å². The van der Waals surface area contributed by atoms with Gasteiger partial charge in [0.25, 0.3) is 5.91 Å². The molecule has 0 aromatic heterocycles. The van der Waals surface area contributed by atoms with Gasteiger partial charge in [0.05, 0.1) is 0 Å². The highest BCUT2D eigenvalue weighted by Crippen LogP contribution is 2.17. The molecule has 0 bridgehead atoms. The van der Waals surface area contributed by atoms with Gasteiger partial charge in [0.1, 0.15) is 0 Å². The van der Waals surface area contributed by atoms with E-state index in [1.807, 2.05) is 25.1 Å². The number of rotatable bonds is 4. The molecule has 1 aromatic rings. The van der Waals surface area contributed by atoms with Crippen LogP contribution in [0.4, 0.5) is 0 Å². The van der Waals surface area contributed by atoms with E-state index < -0.39 is 0 Å². The molecule has 1 heterocycles. The Morgan fingerprint density at radius 2 is 2.11 bits per heavy atom. The first-order chi connectivity index (χ1) is 9.08. The minimum atomic E-state index is 0.00625. The van der Waals surface area contributed by atoms with Crippen molar-refractivity contribution in [3.63, 3.8) is 0 Å². The van der Waals surface area contributed by atoms with Crippen molar-refractivity contribution in [1.29, 1.82) is 0 Å². The Hall–Kier alpha value is -0.870. The van der Waals surface area contributed by atoms with Crippen LogP contribution in [0.2, 0.25) is 0 Å². The second-order valence-corrected chi connectivity index (χ2v) is 6.12. The van der Waals surface area contributed by atoms with E-state index in [1.54, 1.807) is 0 Å². The predicted molar refractivity (Wildman–Crippen MR) is 81.5 cm³/mol. The SMILES string of the molecule is Cc1ccc(C(=O)NCC(C)N2CCCC2)cc1Br. The molecule has 104 valence electrons. The molecule has 19 heavy (non-hydrogen) atoms. The van der Waals surface area contributed by atoms with E-state index in [-0.39, 0.29) is 5.91 Å². The van der Waals surface area contributed by atoms with Crippen LogP contribution >= 0.6 is 15.9 Å². The minimum absolute atomic E-state index is 0.00625. The van der Waals surface area contributed by atoms with Crippen molar-refractivity contribution in [2.75, 3.05) is 19.6 Å². The molecule has 1 saturated heterocycles. The Balaban J connectivity index is 1.88. The highest BCUT2D eigenvalue weighted by Gasteiger charge is 2.18. The van der Waals surface area contributed by atoms with Crippen molar-refractivity contribution in [3.05, 3.63) is 33.8 Å². The molecule has 1 amide bonds. The second-order valence-electron chi connectivity index (χ2n) is 5.27. The fourth-order valence-electron chi connectivity index (χ4n) is 2.39. The first-order valence-corrected chi connectivity index (χ1v) is 7.65. The molecule has 0 radical (unpaired) electrons. The Morgan fingerprint density at radius 3 is 2.74 bits per heavy atom. The van der Waals surface area contributed by atoms with Crippen molar-refractivity contribution < 1.29 is 4.79 Å². The maximum absolute atomic E-state index is 12.1. The van der Waals surface area contributed by atoms with Crippen molar-refractivity contribution in [3.8, 4) is 0 Å². The summed E-state index contributed by atoms with van der Waals surface area (Å²) in [7, 11) is 0. The van der Waals surface area contributed by atoms with Gasteiger partial charge in [0.15, 0.2) is 0 Å². The monoisotopic (exact) mass is 324 g/mol. The highest BCUT2D eigenvalue weighted by atomic mass is 79.9. The lowest BCUT2D eigenvalue weighted by Crippen LogP contribution is -2.40. The average molecular weight is 325 g/mol. The van der Waals surface area contributed by atoms with Gasteiger partial charge >= 0.3 is 0 Å². The summed E-state index contributed by atoms with van der Waals surface area (Å²) >= 11 is 3.46. The van der Waals surface area contributed by atoms with E-state index in [2.05, 4.69) is 33.1 Å². The summed E-state index contributed by atoms with van der Waals surface area (Å²) in [6, 6.07) is 6.13. The molecule has 1 aromatic carbocycles. The molecule has 0 saturated carbocycles. The zero-order valence-electron chi connectivity index (χ0n) is 11.6. The van der Waals surface area contributed by atoms with E-state index in [9.17, 15) is 4.79 Å². The molecular formula is C15H21BrN2O.